The monoisotopic (exact) mass is 309 g/mol. The summed E-state index contributed by atoms with van der Waals surface area (Å²) in [6.45, 7) is 2.75. The molecule has 1 N–H and O–H groups in total. The lowest BCUT2D eigenvalue weighted by atomic mass is 10.1. The molecule has 3 aromatic rings. The summed E-state index contributed by atoms with van der Waals surface area (Å²) in [6, 6.07) is 7.69. The number of fused-ring (bicyclic) bond motifs is 1. The number of pyridine rings is 2. The number of hydrogen-bond donors (Lipinski definition) is 1. The summed E-state index contributed by atoms with van der Waals surface area (Å²) in [6.07, 6.45) is 5.12. The van der Waals surface area contributed by atoms with E-state index in [1.807, 2.05) is 51.5 Å². The third kappa shape index (κ3) is 3.22. The zero-order valence-corrected chi connectivity index (χ0v) is 13.4. The zero-order valence-electron chi connectivity index (χ0n) is 13.4. The van der Waals surface area contributed by atoms with E-state index >= 15 is 0 Å². The second-order valence-corrected chi connectivity index (χ2v) is 5.78. The van der Waals surface area contributed by atoms with Gasteiger partial charge in [0.2, 0.25) is 0 Å². The average Bonchev–Trinajstić information content (AvgIpc) is 2.92. The van der Waals surface area contributed by atoms with Crippen LogP contribution in [0.25, 0.3) is 5.52 Å². The number of carbonyl (C=O) groups is 1. The van der Waals surface area contributed by atoms with Crippen molar-refractivity contribution in [3.05, 3.63) is 59.5 Å². The number of aryl methyl sites for hydroxylation is 1. The first-order valence-corrected chi connectivity index (χ1v) is 7.38. The first-order chi connectivity index (χ1) is 11.0. The Kier molecular flexibility index (Phi) is 4.08. The summed E-state index contributed by atoms with van der Waals surface area (Å²) in [5.41, 5.74) is 3.46. The minimum Gasteiger partial charge on any atom is -0.306 e. The largest absolute Gasteiger partial charge is 0.306 e. The fraction of sp³-hybridized carbons (Fsp3) is 0.235. The second kappa shape index (κ2) is 6.18. The number of carbonyl (C=O) groups excluding carboxylic acids is 1. The Labute approximate surface area is 134 Å². The molecular weight excluding hydrogens is 290 g/mol. The molecule has 6 nitrogen and oxygen atoms in total. The van der Waals surface area contributed by atoms with Crippen LogP contribution in [0.15, 0.2) is 42.9 Å². The number of rotatable bonds is 4. The molecule has 0 saturated heterocycles. The minimum absolute atomic E-state index is 0.205. The van der Waals surface area contributed by atoms with E-state index in [1.54, 1.807) is 16.9 Å². The van der Waals surface area contributed by atoms with Crippen LogP contribution in [-0.2, 0) is 6.54 Å². The maximum Gasteiger partial charge on any atom is 0.260 e. The van der Waals surface area contributed by atoms with Gasteiger partial charge in [0.15, 0.2) is 0 Å². The van der Waals surface area contributed by atoms with E-state index in [0.717, 1.165) is 23.2 Å². The van der Waals surface area contributed by atoms with Crippen LogP contribution in [0.4, 0.5) is 5.82 Å². The molecule has 0 unspecified atom stereocenters. The van der Waals surface area contributed by atoms with Crippen LogP contribution >= 0.6 is 0 Å². The van der Waals surface area contributed by atoms with E-state index in [-0.39, 0.29) is 5.91 Å². The first-order valence-electron chi connectivity index (χ1n) is 7.38. The lowest BCUT2D eigenvalue weighted by Gasteiger charge is -2.10. The van der Waals surface area contributed by atoms with Crippen LogP contribution in [-0.4, -0.2) is 39.5 Å². The third-order valence-electron chi connectivity index (χ3n) is 3.55. The highest BCUT2D eigenvalue weighted by Gasteiger charge is 2.15. The normalized spacial score (nSPS) is 11.1. The zero-order chi connectivity index (χ0) is 16.4. The van der Waals surface area contributed by atoms with E-state index in [9.17, 15) is 4.79 Å². The van der Waals surface area contributed by atoms with Gasteiger partial charge < -0.3 is 10.2 Å². The van der Waals surface area contributed by atoms with Gasteiger partial charge in [0.05, 0.1) is 17.3 Å². The van der Waals surface area contributed by atoms with Crippen molar-refractivity contribution >= 4 is 17.2 Å². The second-order valence-electron chi connectivity index (χ2n) is 5.78. The SMILES string of the molecule is Cc1cccn2ncc(C(=O)Nc3cc(CN(C)C)ccn3)c12. The lowest BCUT2D eigenvalue weighted by molar-refractivity contribution is 0.102. The quantitative estimate of drug-likeness (QED) is 0.803. The summed E-state index contributed by atoms with van der Waals surface area (Å²) in [4.78, 5) is 18.8. The van der Waals surface area contributed by atoms with Crippen molar-refractivity contribution in [3.8, 4) is 0 Å². The van der Waals surface area contributed by atoms with Crippen LogP contribution < -0.4 is 5.32 Å². The highest BCUT2D eigenvalue weighted by molar-refractivity contribution is 6.08. The number of amides is 1. The van der Waals surface area contributed by atoms with Crippen LogP contribution in [0, 0.1) is 6.92 Å². The van der Waals surface area contributed by atoms with E-state index in [0.29, 0.717) is 11.4 Å². The molecule has 1 amide bonds. The number of aromatic nitrogens is 3. The Morgan fingerprint density at radius 1 is 1.35 bits per heavy atom. The van der Waals surface area contributed by atoms with Crippen molar-refractivity contribution in [2.75, 3.05) is 19.4 Å². The van der Waals surface area contributed by atoms with Crippen LogP contribution in [0.5, 0.6) is 0 Å². The molecule has 118 valence electrons. The molecular formula is C17H19N5O. The Morgan fingerprint density at radius 3 is 2.96 bits per heavy atom. The van der Waals surface area contributed by atoms with Gasteiger partial charge >= 0.3 is 0 Å². The van der Waals surface area contributed by atoms with Gasteiger partial charge in [-0.2, -0.15) is 5.10 Å². The van der Waals surface area contributed by atoms with Gasteiger partial charge in [0.1, 0.15) is 5.82 Å². The minimum atomic E-state index is -0.205. The van der Waals surface area contributed by atoms with Crippen LogP contribution in [0.2, 0.25) is 0 Å². The fourth-order valence-electron chi connectivity index (χ4n) is 2.57. The molecule has 0 spiro atoms. The standard InChI is InChI=1S/C17H19N5O/c1-12-5-4-8-22-16(12)14(10-19-22)17(23)20-15-9-13(6-7-18-15)11-21(2)3/h4-10H,11H2,1-3H3,(H,18,20,23). The fourth-order valence-corrected chi connectivity index (χ4v) is 2.57. The predicted octanol–water partition coefficient (Wildman–Crippen LogP) is 2.35. The van der Waals surface area contributed by atoms with Crippen molar-refractivity contribution in [2.45, 2.75) is 13.5 Å². The van der Waals surface area contributed by atoms with E-state index < -0.39 is 0 Å². The van der Waals surface area contributed by atoms with Crippen LogP contribution in [0.1, 0.15) is 21.5 Å². The molecule has 3 rings (SSSR count). The van der Waals surface area contributed by atoms with E-state index in [4.69, 9.17) is 0 Å². The predicted molar refractivity (Wildman–Crippen MR) is 89.5 cm³/mol. The summed E-state index contributed by atoms with van der Waals surface area (Å²) >= 11 is 0. The van der Waals surface area contributed by atoms with Gasteiger partial charge in [-0.15, -0.1) is 0 Å². The van der Waals surface area contributed by atoms with Gasteiger partial charge in [-0.3, -0.25) is 4.79 Å². The van der Waals surface area contributed by atoms with Crippen molar-refractivity contribution in [2.24, 2.45) is 0 Å². The van der Waals surface area contributed by atoms with Gasteiger partial charge in [-0.1, -0.05) is 6.07 Å². The number of nitrogens with one attached hydrogen (secondary N) is 1. The van der Waals surface area contributed by atoms with E-state index in [1.165, 1.54) is 0 Å². The molecule has 0 aliphatic heterocycles. The molecule has 3 heterocycles. The lowest BCUT2D eigenvalue weighted by Crippen LogP contribution is -2.14. The Balaban J connectivity index is 1.86. The van der Waals surface area contributed by atoms with Crippen molar-refractivity contribution in [1.82, 2.24) is 19.5 Å². The third-order valence-corrected chi connectivity index (χ3v) is 3.55. The molecule has 23 heavy (non-hydrogen) atoms. The molecule has 0 aliphatic carbocycles. The van der Waals surface area contributed by atoms with Gasteiger partial charge in [0, 0.05) is 18.9 Å². The maximum absolute atomic E-state index is 12.6. The molecule has 0 aliphatic rings. The molecule has 0 atom stereocenters. The van der Waals surface area contributed by atoms with Crippen molar-refractivity contribution in [1.29, 1.82) is 0 Å². The van der Waals surface area contributed by atoms with Crippen molar-refractivity contribution in [3.63, 3.8) is 0 Å². The summed E-state index contributed by atoms with van der Waals surface area (Å²) in [5, 5.41) is 7.08. The maximum atomic E-state index is 12.6. The topological polar surface area (TPSA) is 62.5 Å². The molecule has 0 radical (unpaired) electrons. The smallest absolute Gasteiger partial charge is 0.260 e. The Morgan fingerprint density at radius 2 is 2.17 bits per heavy atom. The van der Waals surface area contributed by atoms with Gasteiger partial charge in [0.25, 0.3) is 5.91 Å². The molecule has 0 aromatic carbocycles. The average molecular weight is 309 g/mol. The number of anilines is 1. The van der Waals surface area contributed by atoms with Crippen LogP contribution in [0.3, 0.4) is 0 Å². The molecule has 6 heteroatoms. The number of hydrogen-bond acceptors (Lipinski definition) is 4. The van der Waals surface area contributed by atoms with Gasteiger partial charge in [-0.05, 0) is 50.3 Å². The highest BCUT2D eigenvalue weighted by atomic mass is 16.1. The van der Waals surface area contributed by atoms with Gasteiger partial charge in [-0.25, -0.2) is 9.50 Å². The molecule has 0 bridgehead atoms. The molecule has 3 aromatic heterocycles. The summed E-state index contributed by atoms with van der Waals surface area (Å²) in [5.74, 6) is 0.339. The first kappa shape index (κ1) is 15.2. The summed E-state index contributed by atoms with van der Waals surface area (Å²) in [7, 11) is 4.00. The molecule has 0 fully saturated rings. The highest BCUT2D eigenvalue weighted by Crippen LogP contribution is 2.17. The Bertz CT molecular complexity index is 853. The van der Waals surface area contributed by atoms with Crippen molar-refractivity contribution < 1.29 is 4.79 Å². The molecule has 0 saturated carbocycles. The Hall–Kier alpha value is -2.73. The van der Waals surface area contributed by atoms with E-state index in [2.05, 4.69) is 20.3 Å². The summed E-state index contributed by atoms with van der Waals surface area (Å²) < 4.78 is 1.71. The number of nitrogens with zero attached hydrogens (tertiary/aromatic N) is 4.